The number of carbonyl (C=O) groups excluding carboxylic acids is 3. The number of esters is 3. The van der Waals surface area contributed by atoms with Crippen LogP contribution in [0.3, 0.4) is 0 Å². The zero-order valence-electron chi connectivity index (χ0n) is 58.1. The van der Waals surface area contributed by atoms with Crippen LogP contribution in [-0.2, 0) is 55.8 Å². The summed E-state index contributed by atoms with van der Waals surface area (Å²) in [6, 6.07) is 0. The first-order valence-electron chi connectivity index (χ1n) is 36.2. The zero-order valence-corrected chi connectivity index (χ0v) is 59.9. The van der Waals surface area contributed by atoms with Crippen LogP contribution in [-0.4, -0.2) is 95.9 Å². The molecule has 16 nitrogen and oxygen atoms in total. The summed E-state index contributed by atoms with van der Waals surface area (Å²) < 4.78 is 61.0. The molecule has 0 amide bonds. The summed E-state index contributed by atoms with van der Waals surface area (Å²) in [5, 5.41) is 20.6. The highest BCUT2D eigenvalue weighted by Crippen LogP contribution is 2.45. The van der Waals surface area contributed by atoms with Gasteiger partial charge in [-0.1, -0.05) is 252 Å². The van der Waals surface area contributed by atoms with E-state index in [1.54, 1.807) is 0 Å². The van der Waals surface area contributed by atoms with E-state index in [2.05, 4.69) is 130 Å². The molecule has 93 heavy (non-hydrogen) atoms. The number of unbranched alkanes of at least 4 members (excludes halogenated alkanes) is 27. The van der Waals surface area contributed by atoms with Gasteiger partial charge < -0.3 is 34.2 Å². The summed E-state index contributed by atoms with van der Waals surface area (Å²) >= 11 is 0. The fourth-order valence-corrected chi connectivity index (χ4v) is 11.0. The molecule has 0 bridgehead atoms. The molecule has 0 saturated carbocycles. The highest BCUT2D eigenvalue weighted by molar-refractivity contribution is 7.47. The van der Waals surface area contributed by atoms with Crippen molar-refractivity contribution in [3.8, 4) is 0 Å². The molecule has 0 aliphatic heterocycles. The van der Waals surface area contributed by atoms with Crippen LogP contribution in [0.4, 0.5) is 0 Å². The maximum atomic E-state index is 12.9. The van der Waals surface area contributed by atoms with E-state index < -0.39 is 91.5 Å². The first-order valence-corrected chi connectivity index (χ1v) is 39.2. The van der Waals surface area contributed by atoms with Crippen molar-refractivity contribution in [2.45, 2.75) is 309 Å². The lowest BCUT2D eigenvalue weighted by atomic mass is 10.1. The standard InChI is InChI=1S/C75H130O16P2/c1-4-7-10-13-16-19-22-25-28-30-32-33-34-35-37-39-41-43-46-49-52-55-58-61-73(78)85-64-70(76)65-87-92(81,82)88-66-71(77)67-89-93(83,84)90-69-72(91-75(80)63-60-57-54-51-48-45-40-27-24-21-18-15-12-9-6-3)68-86-74(79)62-59-56-53-50-47-44-42-38-36-31-29-26-23-20-17-14-11-8-5-2/h7,10,16-17,19-20,25-29,32-33,35-38,40,70-72,76-77H,4-6,8-9,11-15,18,21-24,30-31,34,39,41-69H2,1-3H3,(H,81,82)(H,83,84)/b10-7-,19-16-,20-17-,28-25-,29-26-,33-32-,37-35-,38-36-,40-27-. The lowest BCUT2D eigenvalue weighted by Crippen LogP contribution is -2.30. The van der Waals surface area contributed by atoms with Crippen molar-refractivity contribution in [3.05, 3.63) is 109 Å². The SMILES string of the molecule is CC/C=C\C/C=C\C/C=C\C/C=C\C/C=C\CCCCCCCCCC(=O)OCC(O)COP(=O)(O)OCC(O)COP(=O)(O)OCC(COC(=O)CCCCCCCC/C=C\C/C=C\C/C=C\CCCCC)OC(=O)CCCCCCC/C=C\CCCCCCCC. The van der Waals surface area contributed by atoms with E-state index >= 15 is 0 Å². The van der Waals surface area contributed by atoms with Crippen LogP contribution < -0.4 is 0 Å². The van der Waals surface area contributed by atoms with Gasteiger partial charge in [-0.3, -0.25) is 32.5 Å². The van der Waals surface area contributed by atoms with Gasteiger partial charge in [0.25, 0.3) is 0 Å². The molecule has 5 atom stereocenters. The molecule has 0 heterocycles. The van der Waals surface area contributed by atoms with Gasteiger partial charge in [-0.25, -0.2) is 9.13 Å². The fraction of sp³-hybridized carbons (Fsp3) is 0.720. The number of phosphoric ester groups is 2. The summed E-state index contributed by atoms with van der Waals surface area (Å²) in [4.78, 5) is 58.5. The van der Waals surface area contributed by atoms with Crippen molar-refractivity contribution < 1.29 is 75.8 Å². The Morgan fingerprint density at radius 3 is 0.935 bits per heavy atom. The molecule has 5 unspecified atom stereocenters. The van der Waals surface area contributed by atoms with Crippen LogP contribution in [0.2, 0.25) is 0 Å². The molecule has 18 heteroatoms. The van der Waals surface area contributed by atoms with Crippen molar-refractivity contribution in [2.75, 3.05) is 39.6 Å². The molecular formula is C75H130O16P2. The number of ether oxygens (including phenoxy) is 3. The van der Waals surface area contributed by atoms with Crippen molar-refractivity contribution in [3.63, 3.8) is 0 Å². The molecule has 0 aromatic carbocycles. The van der Waals surface area contributed by atoms with Gasteiger partial charge in [0.1, 0.15) is 25.4 Å². The Labute approximate surface area is 564 Å². The Morgan fingerprint density at radius 2 is 0.570 bits per heavy atom. The lowest BCUT2D eigenvalue weighted by Gasteiger charge is -2.21. The van der Waals surface area contributed by atoms with E-state index in [-0.39, 0.29) is 19.3 Å². The molecule has 0 aliphatic carbocycles. The monoisotopic (exact) mass is 1350 g/mol. The Bertz CT molecular complexity index is 2130. The van der Waals surface area contributed by atoms with Crippen LogP contribution in [0.1, 0.15) is 290 Å². The third-order valence-electron chi connectivity index (χ3n) is 15.0. The minimum Gasteiger partial charge on any atom is -0.463 e. The van der Waals surface area contributed by atoms with Gasteiger partial charge in [0.2, 0.25) is 0 Å². The van der Waals surface area contributed by atoms with Crippen LogP contribution in [0, 0.1) is 0 Å². The molecule has 0 aliphatic rings. The predicted molar refractivity (Wildman–Crippen MR) is 380 cm³/mol. The molecule has 536 valence electrons. The quantitative estimate of drug-likeness (QED) is 0.0146. The second-order valence-corrected chi connectivity index (χ2v) is 26.9. The van der Waals surface area contributed by atoms with Gasteiger partial charge in [0.05, 0.1) is 26.4 Å². The maximum Gasteiger partial charge on any atom is 0.472 e. The minimum absolute atomic E-state index is 0.0908. The Morgan fingerprint density at radius 1 is 0.312 bits per heavy atom. The molecule has 0 rings (SSSR count). The summed E-state index contributed by atoms with van der Waals surface area (Å²) in [7, 11) is -9.79. The number of rotatable bonds is 68. The van der Waals surface area contributed by atoms with Crippen molar-refractivity contribution in [1.82, 2.24) is 0 Å². The molecule has 0 saturated heterocycles. The van der Waals surface area contributed by atoms with Gasteiger partial charge in [0.15, 0.2) is 6.10 Å². The smallest absolute Gasteiger partial charge is 0.463 e. The van der Waals surface area contributed by atoms with E-state index in [0.29, 0.717) is 19.3 Å². The number of phosphoric acid groups is 2. The van der Waals surface area contributed by atoms with Crippen molar-refractivity contribution in [2.24, 2.45) is 0 Å². The summed E-state index contributed by atoms with van der Waals surface area (Å²) in [5.74, 6) is -1.61. The predicted octanol–water partition coefficient (Wildman–Crippen LogP) is 20.4. The normalized spacial score (nSPS) is 14.8. The van der Waals surface area contributed by atoms with Gasteiger partial charge >= 0.3 is 33.6 Å². The van der Waals surface area contributed by atoms with Gasteiger partial charge in [-0.2, -0.15) is 0 Å². The summed E-state index contributed by atoms with van der Waals surface area (Å²) in [5.41, 5.74) is 0. The molecular weight excluding hydrogens is 1220 g/mol. The Kier molecular flexibility index (Phi) is 65.4. The molecule has 0 aromatic heterocycles. The average Bonchev–Trinajstić information content (AvgIpc) is 3.74. The van der Waals surface area contributed by atoms with Crippen molar-refractivity contribution in [1.29, 1.82) is 0 Å². The maximum absolute atomic E-state index is 12.9. The Hall–Kier alpha value is -3.79. The van der Waals surface area contributed by atoms with E-state index in [1.807, 2.05) is 0 Å². The molecule has 0 aromatic rings. The van der Waals surface area contributed by atoms with E-state index in [0.717, 1.165) is 173 Å². The van der Waals surface area contributed by atoms with E-state index in [1.165, 1.54) is 57.8 Å². The lowest BCUT2D eigenvalue weighted by molar-refractivity contribution is -0.161. The van der Waals surface area contributed by atoms with E-state index in [4.69, 9.17) is 32.3 Å². The highest BCUT2D eigenvalue weighted by Gasteiger charge is 2.29. The van der Waals surface area contributed by atoms with Crippen LogP contribution in [0.15, 0.2) is 109 Å². The number of hydrogen-bond donors (Lipinski definition) is 4. The number of aliphatic hydroxyl groups excluding tert-OH is 2. The van der Waals surface area contributed by atoms with Gasteiger partial charge in [-0.15, -0.1) is 0 Å². The topological polar surface area (TPSA) is 231 Å². The number of carbonyl (C=O) groups is 3. The Balaban J connectivity index is 4.65. The molecule has 0 fully saturated rings. The second kappa shape index (κ2) is 68.2. The number of aliphatic hydroxyl groups is 2. The van der Waals surface area contributed by atoms with Gasteiger partial charge in [-0.05, 0) is 128 Å². The third-order valence-corrected chi connectivity index (χ3v) is 16.9. The molecule has 0 spiro atoms. The summed E-state index contributed by atoms with van der Waals surface area (Å²) in [6.07, 6.45) is 77.0. The first-order chi connectivity index (χ1) is 45.2. The van der Waals surface area contributed by atoms with Crippen molar-refractivity contribution >= 4 is 33.6 Å². The third kappa shape index (κ3) is 69.4. The zero-order chi connectivity index (χ0) is 68.1. The largest absolute Gasteiger partial charge is 0.472 e. The fourth-order valence-electron chi connectivity index (χ4n) is 9.42. The number of allylic oxidation sites excluding steroid dienone is 18. The van der Waals surface area contributed by atoms with Gasteiger partial charge in [0, 0.05) is 19.3 Å². The van der Waals surface area contributed by atoms with Crippen LogP contribution in [0.25, 0.3) is 0 Å². The molecule has 0 radical (unpaired) electrons. The summed E-state index contributed by atoms with van der Waals surface area (Å²) in [6.45, 7) is 2.50. The van der Waals surface area contributed by atoms with E-state index in [9.17, 15) is 43.5 Å². The average molecular weight is 1350 g/mol. The second-order valence-electron chi connectivity index (χ2n) is 24.0. The molecule has 4 N–H and O–H groups in total. The van der Waals surface area contributed by atoms with Crippen LogP contribution >= 0.6 is 15.6 Å². The van der Waals surface area contributed by atoms with Crippen LogP contribution in [0.5, 0.6) is 0 Å². The minimum atomic E-state index is -4.93. The number of hydrogen-bond acceptors (Lipinski definition) is 14. The highest BCUT2D eigenvalue weighted by atomic mass is 31.2. The first kappa shape index (κ1) is 89.2.